The van der Waals surface area contributed by atoms with Gasteiger partial charge in [0.25, 0.3) is 5.91 Å². The Morgan fingerprint density at radius 2 is 1.68 bits per heavy atom. The van der Waals surface area contributed by atoms with Gasteiger partial charge in [-0.05, 0) is 61.3 Å². The number of fused-ring (bicyclic) bond motifs is 1. The number of rotatable bonds is 4. The maximum Gasteiger partial charge on any atom is 0.298 e. The van der Waals surface area contributed by atoms with Gasteiger partial charge in [0.15, 0.2) is 6.54 Å². The number of piperidine rings is 1. The zero-order valence-electron chi connectivity index (χ0n) is 18.2. The Kier molecular flexibility index (Phi) is 5.99. The smallest absolute Gasteiger partial charge is 0.298 e. The van der Waals surface area contributed by atoms with Gasteiger partial charge in [0.1, 0.15) is 0 Å². The van der Waals surface area contributed by atoms with Crippen LogP contribution in [0.4, 0.5) is 0 Å². The van der Waals surface area contributed by atoms with Gasteiger partial charge in [-0.25, -0.2) is 5.01 Å². The van der Waals surface area contributed by atoms with Gasteiger partial charge >= 0.3 is 0 Å². The highest BCUT2D eigenvalue weighted by Crippen LogP contribution is 2.44. The summed E-state index contributed by atoms with van der Waals surface area (Å²) in [6, 6.07) is 21.0. The normalized spacial score (nSPS) is 25.4. The Labute approximate surface area is 185 Å². The van der Waals surface area contributed by atoms with Crippen molar-refractivity contribution in [3.8, 4) is 0 Å². The first-order valence-corrected chi connectivity index (χ1v) is 11.8. The first-order chi connectivity index (χ1) is 15.3. The molecule has 2 aromatic rings. The van der Waals surface area contributed by atoms with E-state index in [1.165, 1.54) is 40.9 Å². The zero-order valence-corrected chi connectivity index (χ0v) is 18.2. The average Bonchev–Trinajstić information content (AvgIpc) is 3.22. The molecule has 0 radical (unpaired) electrons. The Morgan fingerprint density at radius 1 is 0.968 bits per heavy atom. The maximum atomic E-state index is 13.5. The molecule has 3 aliphatic rings. The Hall–Kier alpha value is -2.72. The summed E-state index contributed by atoms with van der Waals surface area (Å²) in [4.78, 5) is 14.9. The number of hydrogen-bond acceptors (Lipinski definition) is 2. The van der Waals surface area contributed by atoms with Crippen LogP contribution in [0, 0.1) is 5.92 Å². The number of hydrogen-bond donors (Lipinski definition) is 1. The van der Waals surface area contributed by atoms with E-state index in [-0.39, 0.29) is 17.9 Å². The summed E-state index contributed by atoms with van der Waals surface area (Å²) in [5.41, 5.74) is 4.84. The lowest BCUT2D eigenvalue weighted by Gasteiger charge is -2.30. The zero-order chi connectivity index (χ0) is 21.0. The summed E-state index contributed by atoms with van der Waals surface area (Å²) in [6.45, 7) is 2.77. The molecule has 1 amide bonds. The molecule has 31 heavy (non-hydrogen) atoms. The van der Waals surface area contributed by atoms with Crippen molar-refractivity contribution in [1.82, 2.24) is 5.01 Å². The van der Waals surface area contributed by atoms with Crippen LogP contribution in [0.15, 0.2) is 71.3 Å². The lowest BCUT2D eigenvalue weighted by molar-refractivity contribution is -0.897. The van der Waals surface area contributed by atoms with Crippen molar-refractivity contribution >= 4 is 17.7 Å². The van der Waals surface area contributed by atoms with E-state index in [1.54, 1.807) is 0 Å². The summed E-state index contributed by atoms with van der Waals surface area (Å²) in [5.74, 6) is 0.457. The minimum atomic E-state index is 0.0207. The minimum Gasteiger partial charge on any atom is -0.327 e. The van der Waals surface area contributed by atoms with E-state index in [0.717, 1.165) is 38.1 Å². The highest BCUT2D eigenvalue weighted by atomic mass is 16.2. The van der Waals surface area contributed by atoms with Crippen molar-refractivity contribution < 1.29 is 9.69 Å². The van der Waals surface area contributed by atoms with Crippen molar-refractivity contribution in [2.24, 2.45) is 11.0 Å². The topological polar surface area (TPSA) is 37.1 Å². The van der Waals surface area contributed by atoms with Gasteiger partial charge in [-0.2, -0.15) is 5.10 Å². The largest absolute Gasteiger partial charge is 0.327 e. The number of likely N-dealkylation sites (tertiary alicyclic amines) is 1. The number of amides is 1. The van der Waals surface area contributed by atoms with Crippen LogP contribution in [-0.4, -0.2) is 36.3 Å². The summed E-state index contributed by atoms with van der Waals surface area (Å²) < 4.78 is 0. The van der Waals surface area contributed by atoms with Crippen LogP contribution in [0.3, 0.4) is 0 Å². The molecule has 160 valence electrons. The molecule has 2 atom stereocenters. The Morgan fingerprint density at radius 3 is 2.42 bits per heavy atom. The van der Waals surface area contributed by atoms with Crippen molar-refractivity contribution in [3.63, 3.8) is 0 Å². The molecule has 1 saturated carbocycles. The molecule has 1 N–H and O–H groups in total. The van der Waals surface area contributed by atoms with Crippen LogP contribution in [0.2, 0.25) is 0 Å². The van der Waals surface area contributed by atoms with Crippen molar-refractivity contribution in [1.29, 1.82) is 0 Å². The van der Waals surface area contributed by atoms with Crippen LogP contribution >= 0.6 is 0 Å². The number of carbonyl (C=O) groups is 1. The molecular formula is C27H32N3O+. The summed E-state index contributed by atoms with van der Waals surface area (Å²) >= 11 is 0. The second kappa shape index (κ2) is 9.19. The van der Waals surface area contributed by atoms with Crippen molar-refractivity contribution in [2.75, 3.05) is 19.6 Å². The number of allylic oxidation sites excluding steroid dienone is 1. The van der Waals surface area contributed by atoms with Crippen molar-refractivity contribution in [3.05, 3.63) is 77.4 Å². The van der Waals surface area contributed by atoms with E-state index >= 15 is 0 Å². The third-order valence-electron chi connectivity index (χ3n) is 7.00. The summed E-state index contributed by atoms with van der Waals surface area (Å²) in [7, 11) is 0. The van der Waals surface area contributed by atoms with Crippen LogP contribution in [-0.2, 0) is 4.79 Å². The predicted octanol–water partition coefficient (Wildman–Crippen LogP) is 3.88. The molecule has 2 aromatic carbocycles. The van der Waals surface area contributed by atoms with E-state index in [1.807, 2.05) is 17.1 Å². The molecule has 1 aliphatic carbocycles. The average molecular weight is 415 g/mol. The molecule has 1 saturated heterocycles. The van der Waals surface area contributed by atoms with E-state index < -0.39 is 0 Å². The number of nitrogens with zero attached hydrogens (tertiary/aromatic N) is 2. The van der Waals surface area contributed by atoms with Gasteiger partial charge in [-0.3, -0.25) is 4.79 Å². The van der Waals surface area contributed by atoms with E-state index in [2.05, 4.69) is 54.6 Å². The highest BCUT2D eigenvalue weighted by Gasteiger charge is 2.44. The molecule has 0 spiro atoms. The lowest BCUT2D eigenvalue weighted by atomic mass is 9.77. The Balaban J connectivity index is 1.47. The van der Waals surface area contributed by atoms with Gasteiger partial charge < -0.3 is 4.90 Å². The van der Waals surface area contributed by atoms with Gasteiger partial charge in [-0.1, -0.05) is 60.7 Å². The molecule has 4 heteroatoms. The third kappa shape index (κ3) is 4.35. The summed E-state index contributed by atoms with van der Waals surface area (Å²) in [6.07, 6.45) is 9.29. The molecular weight excluding hydrogens is 382 g/mol. The standard InChI is InChI=1S/C27H31N3O/c31-25(20-29-17-8-3-9-18-29)30-27(22-13-6-2-7-14-22)24-16-10-15-23(26(24)28-30)19-21-11-4-1-5-12-21/h1-2,4-7,11-14,19,24,27H,3,8-10,15-18,20H2/p+1/b23-19+/t24-,27-/m0/s1. The monoisotopic (exact) mass is 414 g/mol. The molecule has 0 bridgehead atoms. The van der Waals surface area contributed by atoms with Crippen LogP contribution in [0.25, 0.3) is 6.08 Å². The fraction of sp³-hybridized carbons (Fsp3) is 0.407. The van der Waals surface area contributed by atoms with Crippen LogP contribution in [0.1, 0.15) is 55.7 Å². The van der Waals surface area contributed by atoms with Gasteiger partial charge in [-0.15, -0.1) is 0 Å². The molecule has 0 aromatic heterocycles. The fourth-order valence-corrected chi connectivity index (χ4v) is 5.46. The summed E-state index contributed by atoms with van der Waals surface area (Å²) in [5, 5.41) is 6.88. The number of nitrogens with one attached hydrogen (secondary N) is 1. The van der Waals surface area contributed by atoms with Crippen LogP contribution < -0.4 is 4.90 Å². The molecule has 0 unspecified atom stereocenters. The number of hydrazone groups is 1. The Bertz CT molecular complexity index is 960. The molecule has 4 nitrogen and oxygen atoms in total. The number of quaternary nitrogens is 1. The van der Waals surface area contributed by atoms with Gasteiger partial charge in [0.2, 0.25) is 0 Å². The van der Waals surface area contributed by atoms with E-state index in [9.17, 15) is 4.79 Å². The van der Waals surface area contributed by atoms with Crippen molar-refractivity contribution in [2.45, 2.75) is 44.6 Å². The lowest BCUT2D eigenvalue weighted by Crippen LogP contribution is -3.13. The predicted molar refractivity (Wildman–Crippen MR) is 125 cm³/mol. The molecule has 2 fully saturated rings. The number of benzene rings is 2. The maximum absolute atomic E-state index is 13.5. The van der Waals surface area contributed by atoms with Gasteiger partial charge in [0, 0.05) is 5.92 Å². The first-order valence-electron chi connectivity index (χ1n) is 11.8. The minimum absolute atomic E-state index is 0.0207. The second-order valence-corrected chi connectivity index (χ2v) is 9.15. The second-order valence-electron chi connectivity index (χ2n) is 9.15. The molecule has 5 rings (SSSR count). The fourth-order valence-electron chi connectivity index (χ4n) is 5.46. The quantitative estimate of drug-likeness (QED) is 0.810. The number of carbonyl (C=O) groups excluding carboxylic acids is 1. The third-order valence-corrected chi connectivity index (χ3v) is 7.00. The highest BCUT2D eigenvalue weighted by molar-refractivity contribution is 6.08. The SMILES string of the molecule is O=C(C[NH+]1CCCCC1)N1N=C2/C(=C/c3ccccc3)CCC[C@@H]2[C@@H]1c1ccccc1. The van der Waals surface area contributed by atoms with E-state index in [0.29, 0.717) is 6.54 Å². The first kappa shape index (κ1) is 20.2. The van der Waals surface area contributed by atoms with Crippen LogP contribution in [0.5, 0.6) is 0 Å². The van der Waals surface area contributed by atoms with Gasteiger partial charge in [0.05, 0.1) is 24.8 Å². The molecule has 2 aliphatic heterocycles. The van der Waals surface area contributed by atoms with E-state index in [4.69, 9.17) is 5.10 Å². The molecule has 2 heterocycles.